The number of hydrogen-bond donors (Lipinski definition) is 0. The molecule has 1 aliphatic rings. The van der Waals surface area contributed by atoms with Crippen LogP contribution in [0.2, 0.25) is 0 Å². The predicted octanol–water partition coefficient (Wildman–Crippen LogP) is 4.76. The molecule has 2 nitrogen and oxygen atoms in total. The van der Waals surface area contributed by atoms with Crippen LogP contribution in [0, 0.1) is 0 Å². The summed E-state index contributed by atoms with van der Waals surface area (Å²) in [5, 5.41) is 0. The minimum absolute atomic E-state index is 0.0423. The Morgan fingerprint density at radius 2 is 1.44 bits per heavy atom. The van der Waals surface area contributed by atoms with E-state index in [4.69, 9.17) is 0 Å². The van der Waals surface area contributed by atoms with Crippen molar-refractivity contribution in [3.05, 3.63) is 71.8 Å². The fraction of sp³-hybridized carbons (Fsp3) is 0.350. The first-order valence-electron chi connectivity index (χ1n) is 8.40. The van der Waals surface area contributed by atoms with Gasteiger partial charge in [-0.3, -0.25) is 4.79 Å². The first-order valence-corrected chi connectivity index (χ1v) is 8.40. The summed E-state index contributed by atoms with van der Waals surface area (Å²) in [7, 11) is 0. The molecule has 5 heteroatoms. The van der Waals surface area contributed by atoms with Crippen molar-refractivity contribution in [2.75, 3.05) is 6.54 Å². The van der Waals surface area contributed by atoms with Crippen LogP contribution in [0.3, 0.4) is 0 Å². The van der Waals surface area contributed by atoms with Crippen molar-refractivity contribution in [2.24, 2.45) is 0 Å². The second-order valence-corrected chi connectivity index (χ2v) is 6.45. The number of hydrogen-bond acceptors (Lipinski definition) is 1. The molecule has 1 saturated carbocycles. The molecule has 0 N–H and O–H groups in total. The fourth-order valence-corrected chi connectivity index (χ4v) is 3.09. The quantitative estimate of drug-likeness (QED) is 0.738. The normalized spacial score (nSPS) is 14.6. The van der Waals surface area contributed by atoms with Gasteiger partial charge in [-0.05, 0) is 24.0 Å². The molecule has 0 aromatic heterocycles. The molecule has 1 aliphatic carbocycles. The van der Waals surface area contributed by atoms with Gasteiger partial charge in [-0.2, -0.15) is 13.2 Å². The first-order chi connectivity index (χ1) is 11.9. The highest BCUT2D eigenvalue weighted by molar-refractivity contribution is 5.78. The maximum absolute atomic E-state index is 12.8. The highest BCUT2D eigenvalue weighted by Crippen LogP contribution is 2.34. The lowest BCUT2D eigenvalue weighted by Gasteiger charge is -2.26. The van der Waals surface area contributed by atoms with Gasteiger partial charge in [-0.25, -0.2) is 0 Å². The molecule has 2 aromatic rings. The summed E-state index contributed by atoms with van der Waals surface area (Å²) >= 11 is 0. The number of carbonyl (C=O) groups is 1. The summed E-state index contributed by atoms with van der Waals surface area (Å²) in [6, 6.07) is 18.7. The molecule has 0 heterocycles. The number of rotatable bonds is 6. The molecule has 25 heavy (non-hydrogen) atoms. The van der Waals surface area contributed by atoms with Gasteiger partial charge in [0.05, 0.1) is 0 Å². The van der Waals surface area contributed by atoms with Gasteiger partial charge in [-0.15, -0.1) is 0 Å². The third-order valence-electron chi connectivity index (χ3n) is 4.44. The van der Waals surface area contributed by atoms with Crippen molar-refractivity contribution in [3.63, 3.8) is 0 Å². The highest BCUT2D eigenvalue weighted by Gasteiger charge is 2.41. The Labute approximate surface area is 145 Å². The molecular weight excluding hydrogens is 327 g/mol. The van der Waals surface area contributed by atoms with Crippen LogP contribution in [0.5, 0.6) is 0 Å². The number of amides is 1. The molecule has 0 atom stereocenters. The molecule has 2 aromatic carbocycles. The van der Waals surface area contributed by atoms with Crippen molar-refractivity contribution in [1.29, 1.82) is 0 Å². The Balaban J connectivity index is 1.83. The smallest absolute Gasteiger partial charge is 0.331 e. The zero-order valence-corrected chi connectivity index (χ0v) is 13.7. The van der Waals surface area contributed by atoms with Crippen molar-refractivity contribution in [1.82, 2.24) is 4.90 Å². The average Bonchev–Trinajstić information content (AvgIpc) is 3.43. The number of benzene rings is 2. The number of nitrogens with zero attached hydrogens (tertiary/aromatic N) is 1. The fourth-order valence-electron chi connectivity index (χ4n) is 3.09. The van der Waals surface area contributed by atoms with E-state index in [0.717, 1.165) is 16.0 Å². The zero-order chi connectivity index (χ0) is 17.9. The summed E-state index contributed by atoms with van der Waals surface area (Å²) in [5.74, 6) is -0.679. The largest absolute Gasteiger partial charge is 0.406 e. The van der Waals surface area contributed by atoms with E-state index in [1.54, 1.807) is 0 Å². The number of carbonyl (C=O) groups excluding carboxylic acids is 1. The van der Waals surface area contributed by atoms with Gasteiger partial charge >= 0.3 is 6.18 Å². The van der Waals surface area contributed by atoms with E-state index >= 15 is 0 Å². The van der Waals surface area contributed by atoms with Crippen LogP contribution in [0.15, 0.2) is 60.7 Å². The lowest BCUT2D eigenvalue weighted by atomic mass is 9.88. The SMILES string of the molecule is O=C(CC(c1ccccc1)c1ccccc1)N(CC(F)(F)F)C1CC1. The minimum Gasteiger partial charge on any atom is -0.331 e. The van der Waals surface area contributed by atoms with E-state index in [9.17, 15) is 18.0 Å². The summed E-state index contributed by atoms with van der Waals surface area (Å²) in [6.07, 6.45) is -3.01. The van der Waals surface area contributed by atoms with Gasteiger partial charge in [0.25, 0.3) is 0 Å². The van der Waals surface area contributed by atoms with Crippen LogP contribution < -0.4 is 0 Å². The molecule has 0 bridgehead atoms. The van der Waals surface area contributed by atoms with Crippen molar-refractivity contribution in [3.8, 4) is 0 Å². The lowest BCUT2D eigenvalue weighted by molar-refractivity contribution is -0.162. The molecule has 0 spiro atoms. The predicted molar refractivity (Wildman–Crippen MR) is 90.1 cm³/mol. The Morgan fingerprint density at radius 3 is 1.84 bits per heavy atom. The van der Waals surface area contributed by atoms with Crippen molar-refractivity contribution < 1.29 is 18.0 Å². The van der Waals surface area contributed by atoms with Crippen LogP contribution >= 0.6 is 0 Å². The van der Waals surface area contributed by atoms with E-state index in [1.165, 1.54) is 0 Å². The van der Waals surface area contributed by atoms with Gasteiger partial charge in [0.15, 0.2) is 0 Å². The molecule has 0 radical (unpaired) electrons. The third kappa shape index (κ3) is 4.84. The standard InChI is InChI=1S/C20H20F3NO/c21-20(22,23)14-24(17-11-12-17)19(25)13-18(15-7-3-1-4-8-15)16-9-5-2-6-10-16/h1-10,17-18H,11-14H2. The lowest BCUT2D eigenvalue weighted by Crippen LogP contribution is -2.41. The molecule has 0 unspecified atom stereocenters. The third-order valence-corrected chi connectivity index (χ3v) is 4.44. The Morgan fingerprint density at radius 1 is 0.960 bits per heavy atom. The molecule has 132 valence electrons. The maximum Gasteiger partial charge on any atom is 0.406 e. The molecular formula is C20H20F3NO. The van der Waals surface area contributed by atoms with Gasteiger partial charge in [-0.1, -0.05) is 60.7 Å². The topological polar surface area (TPSA) is 20.3 Å². The molecule has 1 amide bonds. The van der Waals surface area contributed by atoms with Crippen molar-refractivity contribution >= 4 is 5.91 Å². The molecule has 0 aliphatic heterocycles. The monoisotopic (exact) mass is 347 g/mol. The Bertz CT molecular complexity index is 656. The zero-order valence-electron chi connectivity index (χ0n) is 13.7. The summed E-state index contributed by atoms with van der Waals surface area (Å²) in [6.45, 7) is -1.16. The van der Waals surface area contributed by atoms with Crippen LogP contribution in [0.25, 0.3) is 0 Å². The van der Waals surface area contributed by atoms with Gasteiger partial charge in [0.2, 0.25) is 5.91 Å². The average molecular weight is 347 g/mol. The first kappa shape index (κ1) is 17.5. The minimum atomic E-state index is -4.37. The molecule has 0 saturated heterocycles. The van der Waals surface area contributed by atoms with E-state index in [0.29, 0.717) is 12.8 Å². The van der Waals surface area contributed by atoms with Gasteiger partial charge < -0.3 is 4.90 Å². The van der Waals surface area contributed by atoms with Crippen LogP contribution in [-0.2, 0) is 4.79 Å². The summed E-state index contributed by atoms with van der Waals surface area (Å²) in [4.78, 5) is 13.7. The molecule has 3 rings (SSSR count). The number of alkyl halides is 3. The molecule has 1 fully saturated rings. The van der Waals surface area contributed by atoms with E-state index in [-0.39, 0.29) is 18.4 Å². The van der Waals surface area contributed by atoms with Crippen molar-refractivity contribution in [2.45, 2.75) is 37.4 Å². The highest BCUT2D eigenvalue weighted by atomic mass is 19.4. The van der Waals surface area contributed by atoms with Crippen LogP contribution in [-0.4, -0.2) is 29.6 Å². The second kappa shape index (κ2) is 7.30. The Hall–Kier alpha value is -2.30. The van der Waals surface area contributed by atoms with Crippen LogP contribution in [0.1, 0.15) is 36.3 Å². The van der Waals surface area contributed by atoms with Gasteiger partial charge in [0.1, 0.15) is 6.54 Å². The summed E-state index contributed by atoms with van der Waals surface area (Å²) in [5.41, 5.74) is 1.87. The van der Waals surface area contributed by atoms with Crippen LogP contribution in [0.4, 0.5) is 13.2 Å². The Kier molecular flexibility index (Phi) is 5.11. The van der Waals surface area contributed by atoms with E-state index < -0.39 is 18.6 Å². The maximum atomic E-state index is 12.8. The summed E-state index contributed by atoms with van der Waals surface area (Å²) < 4.78 is 38.5. The number of halogens is 3. The van der Waals surface area contributed by atoms with E-state index in [2.05, 4.69) is 0 Å². The van der Waals surface area contributed by atoms with Gasteiger partial charge in [0, 0.05) is 18.4 Å². The second-order valence-electron chi connectivity index (χ2n) is 6.45. The van der Waals surface area contributed by atoms with E-state index in [1.807, 2.05) is 60.7 Å².